The zero-order valence-corrected chi connectivity index (χ0v) is 8.76. The first-order chi connectivity index (χ1) is 6.02. The molecule has 1 aromatic heterocycles. The lowest BCUT2D eigenvalue weighted by atomic mass is 10.2. The van der Waals surface area contributed by atoms with E-state index in [2.05, 4.69) is 9.36 Å². The van der Waals surface area contributed by atoms with Crippen LogP contribution in [0.5, 0.6) is 0 Å². The van der Waals surface area contributed by atoms with Gasteiger partial charge in [-0.3, -0.25) is 4.79 Å². The van der Waals surface area contributed by atoms with Gasteiger partial charge < -0.3 is 5.73 Å². The fourth-order valence-corrected chi connectivity index (χ4v) is 1.63. The fraction of sp³-hybridized carbons (Fsp3) is 0.625. The van der Waals surface area contributed by atoms with Crippen LogP contribution in [0.1, 0.15) is 43.4 Å². The van der Waals surface area contributed by atoms with E-state index in [1.807, 2.05) is 13.8 Å². The molecule has 2 N–H and O–H groups in total. The second-order valence-electron chi connectivity index (χ2n) is 3.27. The minimum absolute atomic E-state index is 0.296. The maximum absolute atomic E-state index is 10.8. The first-order valence-corrected chi connectivity index (χ1v) is 4.92. The van der Waals surface area contributed by atoms with Crippen LogP contribution in [0.3, 0.4) is 0 Å². The van der Waals surface area contributed by atoms with E-state index in [-0.39, 0.29) is 11.8 Å². The number of carbonyl (C=O) groups excluding carboxylic acids is 1. The van der Waals surface area contributed by atoms with Gasteiger partial charge in [-0.2, -0.15) is 4.37 Å². The molecule has 0 aliphatic heterocycles. The van der Waals surface area contributed by atoms with Crippen LogP contribution >= 0.6 is 11.5 Å². The van der Waals surface area contributed by atoms with E-state index in [4.69, 9.17) is 5.73 Å². The monoisotopic (exact) mass is 199 g/mol. The van der Waals surface area contributed by atoms with Crippen molar-refractivity contribution in [3.05, 3.63) is 10.8 Å². The first kappa shape index (κ1) is 10.1. The molecule has 1 aromatic rings. The highest BCUT2D eigenvalue weighted by molar-refractivity contribution is 7.05. The molecule has 1 amide bonds. The van der Waals surface area contributed by atoms with E-state index in [1.165, 1.54) is 11.5 Å². The van der Waals surface area contributed by atoms with Gasteiger partial charge in [-0.25, -0.2) is 4.98 Å². The fourth-order valence-electron chi connectivity index (χ4n) is 0.779. The van der Waals surface area contributed by atoms with Crippen molar-refractivity contribution in [2.75, 3.05) is 0 Å². The number of nitrogens with zero attached hydrogens (tertiary/aromatic N) is 2. The van der Waals surface area contributed by atoms with Crippen molar-refractivity contribution >= 4 is 17.4 Å². The molecule has 0 spiro atoms. The highest BCUT2D eigenvalue weighted by Gasteiger charge is 2.17. The van der Waals surface area contributed by atoms with Gasteiger partial charge in [0.2, 0.25) is 5.91 Å². The molecule has 0 saturated carbocycles. The van der Waals surface area contributed by atoms with E-state index in [0.717, 1.165) is 5.82 Å². The molecule has 72 valence electrons. The summed E-state index contributed by atoms with van der Waals surface area (Å²) < 4.78 is 4.14. The smallest absolute Gasteiger partial charge is 0.227 e. The van der Waals surface area contributed by atoms with E-state index in [0.29, 0.717) is 10.9 Å². The number of nitrogens with two attached hydrogens (primary N) is 1. The van der Waals surface area contributed by atoms with Gasteiger partial charge in [-0.15, -0.1) is 0 Å². The Labute approximate surface area is 81.3 Å². The maximum Gasteiger partial charge on any atom is 0.227 e. The summed E-state index contributed by atoms with van der Waals surface area (Å²) in [5.41, 5.74) is 5.15. The molecule has 0 aliphatic carbocycles. The molecule has 0 saturated heterocycles. The van der Waals surface area contributed by atoms with Gasteiger partial charge in [0.1, 0.15) is 10.8 Å². The van der Waals surface area contributed by atoms with Gasteiger partial charge in [-0.1, -0.05) is 13.8 Å². The number of aromatic nitrogens is 2. The van der Waals surface area contributed by atoms with Gasteiger partial charge in [0.25, 0.3) is 0 Å². The largest absolute Gasteiger partial charge is 0.369 e. The van der Waals surface area contributed by atoms with Crippen molar-refractivity contribution in [2.24, 2.45) is 5.73 Å². The van der Waals surface area contributed by atoms with Crippen LogP contribution in [0.2, 0.25) is 0 Å². The SMILES string of the molecule is CC(C)c1nsc(C(C)C(N)=O)n1. The summed E-state index contributed by atoms with van der Waals surface area (Å²) in [6.07, 6.45) is 0. The molecule has 0 aromatic carbocycles. The zero-order valence-electron chi connectivity index (χ0n) is 7.94. The van der Waals surface area contributed by atoms with Crippen molar-refractivity contribution < 1.29 is 4.79 Å². The lowest BCUT2D eigenvalue weighted by Gasteiger charge is -2.00. The molecule has 4 nitrogen and oxygen atoms in total. The third-order valence-corrected chi connectivity index (χ3v) is 2.68. The quantitative estimate of drug-likeness (QED) is 0.796. The summed E-state index contributed by atoms with van der Waals surface area (Å²) in [5.74, 6) is 0.398. The van der Waals surface area contributed by atoms with E-state index in [1.54, 1.807) is 6.92 Å². The van der Waals surface area contributed by atoms with Crippen LogP contribution < -0.4 is 5.73 Å². The Balaban J connectivity index is 2.85. The molecule has 13 heavy (non-hydrogen) atoms. The Morgan fingerprint density at radius 2 is 2.08 bits per heavy atom. The average molecular weight is 199 g/mol. The van der Waals surface area contributed by atoms with Crippen LogP contribution in [0.15, 0.2) is 0 Å². The standard InChI is InChI=1S/C8H13N3OS/c1-4(2)7-10-8(13-11-7)5(3)6(9)12/h4-5H,1-3H3,(H2,9,12). The summed E-state index contributed by atoms with van der Waals surface area (Å²) in [7, 11) is 0. The molecular weight excluding hydrogens is 186 g/mol. The van der Waals surface area contributed by atoms with Gasteiger partial charge in [-0.05, 0) is 18.5 Å². The number of hydrogen-bond donors (Lipinski definition) is 1. The molecular formula is C8H13N3OS. The average Bonchev–Trinajstić information content (AvgIpc) is 2.50. The Kier molecular flexibility index (Phi) is 2.98. The minimum Gasteiger partial charge on any atom is -0.369 e. The second-order valence-corrected chi connectivity index (χ2v) is 4.05. The van der Waals surface area contributed by atoms with Crippen LogP contribution in [0.4, 0.5) is 0 Å². The summed E-state index contributed by atoms with van der Waals surface area (Å²) in [4.78, 5) is 15.1. The number of primary amides is 1. The molecule has 0 bridgehead atoms. The molecule has 1 unspecified atom stereocenters. The normalized spacial score (nSPS) is 13.2. The predicted octanol–water partition coefficient (Wildman–Crippen LogP) is 1.25. The summed E-state index contributed by atoms with van der Waals surface area (Å²) >= 11 is 1.25. The third-order valence-electron chi connectivity index (χ3n) is 1.77. The number of amides is 1. The van der Waals surface area contributed by atoms with E-state index < -0.39 is 0 Å². The van der Waals surface area contributed by atoms with Gasteiger partial charge in [0.15, 0.2) is 0 Å². The highest BCUT2D eigenvalue weighted by Crippen LogP contribution is 2.20. The molecule has 5 heteroatoms. The summed E-state index contributed by atoms with van der Waals surface area (Å²) in [6, 6.07) is 0. The van der Waals surface area contributed by atoms with E-state index in [9.17, 15) is 4.79 Å². The number of carbonyl (C=O) groups is 1. The Morgan fingerprint density at radius 1 is 1.46 bits per heavy atom. The lowest BCUT2D eigenvalue weighted by Crippen LogP contribution is -2.18. The van der Waals surface area contributed by atoms with E-state index >= 15 is 0 Å². The number of hydrogen-bond acceptors (Lipinski definition) is 4. The first-order valence-electron chi connectivity index (χ1n) is 4.15. The van der Waals surface area contributed by atoms with Gasteiger partial charge in [0, 0.05) is 5.92 Å². The van der Waals surface area contributed by atoms with Crippen LogP contribution in [0, 0.1) is 0 Å². The van der Waals surface area contributed by atoms with Gasteiger partial charge in [0.05, 0.1) is 5.92 Å². The third kappa shape index (κ3) is 2.24. The zero-order chi connectivity index (χ0) is 10.0. The highest BCUT2D eigenvalue weighted by atomic mass is 32.1. The molecule has 0 fully saturated rings. The van der Waals surface area contributed by atoms with Crippen molar-refractivity contribution in [3.8, 4) is 0 Å². The second kappa shape index (κ2) is 3.83. The van der Waals surface area contributed by atoms with Gasteiger partial charge >= 0.3 is 0 Å². The predicted molar refractivity (Wildman–Crippen MR) is 51.6 cm³/mol. The van der Waals surface area contributed by atoms with Crippen LogP contribution in [0.25, 0.3) is 0 Å². The Morgan fingerprint density at radius 3 is 2.46 bits per heavy atom. The topological polar surface area (TPSA) is 68.9 Å². The van der Waals surface area contributed by atoms with Crippen molar-refractivity contribution in [3.63, 3.8) is 0 Å². The Bertz CT molecular complexity index is 308. The molecule has 0 radical (unpaired) electrons. The summed E-state index contributed by atoms with van der Waals surface area (Å²) in [5, 5.41) is 0.705. The minimum atomic E-state index is -0.355. The summed E-state index contributed by atoms with van der Waals surface area (Å²) in [6.45, 7) is 5.77. The molecule has 1 rings (SSSR count). The van der Waals surface area contributed by atoms with Crippen LogP contribution in [-0.4, -0.2) is 15.3 Å². The maximum atomic E-state index is 10.8. The van der Waals surface area contributed by atoms with Crippen LogP contribution in [-0.2, 0) is 4.79 Å². The van der Waals surface area contributed by atoms with Crippen molar-refractivity contribution in [2.45, 2.75) is 32.6 Å². The lowest BCUT2D eigenvalue weighted by molar-refractivity contribution is -0.119. The number of rotatable bonds is 3. The Hall–Kier alpha value is -0.970. The van der Waals surface area contributed by atoms with Crippen molar-refractivity contribution in [1.29, 1.82) is 0 Å². The molecule has 1 heterocycles. The molecule has 1 atom stereocenters. The molecule has 0 aliphatic rings. The van der Waals surface area contributed by atoms with Crippen molar-refractivity contribution in [1.82, 2.24) is 9.36 Å².